The maximum Gasteiger partial charge on any atom is 0.337 e. The molecular formula is C15H11ClO5. The van der Waals surface area contributed by atoms with E-state index in [-0.39, 0.29) is 16.1 Å². The van der Waals surface area contributed by atoms with Gasteiger partial charge in [0.05, 0.1) is 23.3 Å². The molecule has 0 fully saturated rings. The number of benzene rings is 2. The van der Waals surface area contributed by atoms with Crippen LogP contribution in [-0.4, -0.2) is 29.3 Å². The van der Waals surface area contributed by atoms with Gasteiger partial charge in [0.15, 0.2) is 0 Å². The summed E-state index contributed by atoms with van der Waals surface area (Å²) < 4.78 is 5.18. The minimum absolute atomic E-state index is 0.0291. The van der Waals surface area contributed by atoms with Gasteiger partial charge in [-0.1, -0.05) is 17.7 Å². The first kappa shape index (κ1) is 14.9. The Labute approximate surface area is 125 Å². The summed E-state index contributed by atoms with van der Waals surface area (Å²) in [6.07, 6.45) is 0. The van der Waals surface area contributed by atoms with Gasteiger partial charge in [0.2, 0.25) is 0 Å². The standard InChI is InChI=1S/C15H11ClO5/c1-21-13-7-9(14(17)18)2-4-10(13)8-3-5-12(16)11(6-8)15(19)20/h2-7H,1H3,(H,17,18)(H,19,20). The number of halogens is 1. The van der Waals surface area contributed by atoms with E-state index in [1.54, 1.807) is 12.1 Å². The van der Waals surface area contributed by atoms with Crippen molar-refractivity contribution in [2.75, 3.05) is 7.11 Å². The van der Waals surface area contributed by atoms with Gasteiger partial charge in [0.1, 0.15) is 5.75 Å². The summed E-state index contributed by atoms with van der Waals surface area (Å²) in [5.41, 5.74) is 1.22. The highest BCUT2D eigenvalue weighted by Gasteiger charge is 2.14. The fourth-order valence-corrected chi connectivity index (χ4v) is 2.12. The van der Waals surface area contributed by atoms with Gasteiger partial charge in [0.25, 0.3) is 0 Å². The van der Waals surface area contributed by atoms with Crippen molar-refractivity contribution in [2.45, 2.75) is 0 Å². The second kappa shape index (κ2) is 5.85. The minimum atomic E-state index is -1.14. The molecule has 0 aliphatic heterocycles. The summed E-state index contributed by atoms with van der Waals surface area (Å²) in [6.45, 7) is 0. The van der Waals surface area contributed by atoms with Crippen LogP contribution in [0.4, 0.5) is 0 Å². The van der Waals surface area contributed by atoms with Gasteiger partial charge >= 0.3 is 11.9 Å². The number of rotatable bonds is 4. The molecule has 2 aromatic carbocycles. The molecule has 5 nitrogen and oxygen atoms in total. The third kappa shape index (κ3) is 2.98. The molecule has 2 N–H and O–H groups in total. The number of ether oxygens (including phenoxy) is 1. The van der Waals surface area contributed by atoms with Gasteiger partial charge in [-0.15, -0.1) is 0 Å². The predicted octanol–water partition coefficient (Wildman–Crippen LogP) is 3.41. The Bertz CT molecular complexity index is 724. The van der Waals surface area contributed by atoms with Crippen LogP contribution in [0.15, 0.2) is 36.4 Å². The van der Waals surface area contributed by atoms with Crippen molar-refractivity contribution in [1.82, 2.24) is 0 Å². The molecule has 0 heterocycles. The molecule has 0 bridgehead atoms. The Morgan fingerprint density at radius 2 is 1.76 bits per heavy atom. The summed E-state index contributed by atoms with van der Waals surface area (Å²) in [5.74, 6) is -1.86. The fraction of sp³-hybridized carbons (Fsp3) is 0.0667. The summed E-state index contributed by atoms with van der Waals surface area (Å²) >= 11 is 5.83. The Morgan fingerprint density at radius 1 is 1.05 bits per heavy atom. The SMILES string of the molecule is COc1cc(C(=O)O)ccc1-c1ccc(Cl)c(C(=O)O)c1. The summed E-state index contributed by atoms with van der Waals surface area (Å²) in [5, 5.41) is 18.2. The van der Waals surface area contributed by atoms with Crippen LogP contribution >= 0.6 is 11.6 Å². The van der Waals surface area contributed by atoms with Crippen LogP contribution in [0.2, 0.25) is 5.02 Å². The van der Waals surface area contributed by atoms with E-state index in [1.807, 2.05) is 0 Å². The van der Waals surface area contributed by atoms with Gasteiger partial charge in [-0.25, -0.2) is 9.59 Å². The Balaban J connectivity index is 2.59. The third-order valence-electron chi connectivity index (χ3n) is 2.96. The molecule has 2 aromatic rings. The molecule has 0 spiro atoms. The maximum absolute atomic E-state index is 11.1. The molecule has 0 saturated carbocycles. The molecule has 0 aromatic heterocycles. The molecule has 0 aliphatic rings. The van der Waals surface area contributed by atoms with Crippen LogP contribution in [0.5, 0.6) is 5.75 Å². The lowest BCUT2D eigenvalue weighted by molar-refractivity contribution is 0.0686. The van der Waals surface area contributed by atoms with E-state index < -0.39 is 11.9 Å². The largest absolute Gasteiger partial charge is 0.496 e. The molecule has 0 unspecified atom stereocenters. The van der Waals surface area contributed by atoms with E-state index in [0.29, 0.717) is 16.9 Å². The highest BCUT2D eigenvalue weighted by atomic mass is 35.5. The van der Waals surface area contributed by atoms with Crippen LogP contribution in [0.25, 0.3) is 11.1 Å². The monoisotopic (exact) mass is 306 g/mol. The summed E-state index contributed by atoms with van der Waals surface area (Å²) in [6, 6.07) is 8.92. The van der Waals surface area contributed by atoms with E-state index in [0.717, 1.165) is 0 Å². The lowest BCUT2D eigenvalue weighted by atomic mass is 10.0. The number of methoxy groups -OCH3 is 1. The average Bonchev–Trinajstić information content (AvgIpc) is 2.46. The third-order valence-corrected chi connectivity index (χ3v) is 3.29. The zero-order valence-electron chi connectivity index (χ0n) is 11.0. The fourth-order valence-electron chi connectivity index (χ4n) is 1.92. The first-order valence-corrected chi connectivity index (χ1v) is 6.26. The Morgan fingerprint density at radius 3 is 2.33 bits per heavy atom. The van der Waals surface area contributed by atoms with Gasteiger partial charge < -0.3 is 14.9 Å². The molecule has 0 atom stereocenters. The zero-order valence-corrected chi connectivity index (χ0v) is 11.7. The molecule has 6 heteroatoms. The Kier molecular flexibility index (Phi) is 4.14. The van der Waals surface area contributed by atoms with Crippen molar-refractivity contribution < 1.29 is 24.5 Å². The molecule has 0 radical (unpaired) electrons. The normalized spacial score (nSPS) is 10.2. The molecular weight excluding hydrogens is 296 g/mol. The van der Waals surface area contributed by atoms with Crippen LogP contribution in [0.1, 0.15) is 20.7 Å². The number of carboxylic acids is 2. The van der Waals surface area contributed by atoms with Crippen molar-refractivity contribution in [2.24, 2.45) is 0 Å². The second-order valence-electron chi connectivity index (χ2n) is 4.22. The topological polar surface area (TPSA) is 83.8 Å². The van der Waals surface area contributed by atoms with E-state index in [9.17, 15) is 9.59 Å². The van der Waals surface area contributed by atoms with Crippen molar-refractivity contribution in [3.05, 3.63) is 52.5 Å². The molecule has 0 saturated heterocycles. The van der Waals surface area contributed by atoms with E-state index >= 15 is 0 Å². The quantitative estimate of drug-likeness (QED) is 0.904. The first-order chi connectivity index (χ1) is 9.93. The highest BCUT2D eigenvalue weighted by molar-refractivity contribution is 6.33. The zero-order chi connectivity index (χ0) is 15.6. The molecule has 2 rings (SSSR count). The lowest BCUT2D eigenvalue weighted by Gasteiger charge is -2.11. The second-order valence-corrected chi connectivity index (χ2v) is 4.63. The predicted molar refractivity (Wildman–Crippen MR) is 77.4 cm³/mol. The highest BCUT2D eigenvalue weighted by Crippen LogP contribution is 2.33. The van der Waals surface area contributed by atoms with E-state index in [2.05, 4.69) is 0 Å². The lowest BCUT2D eigenvalue weighted by Crippen LogP contribution is -2.00. The van der Waals surface area contributed by atoms with Crippen LogP contribution in [-0.2, 0) is 0 Å². The van der Waals surface area contributed by atoms with Crippen LogP contribution in [0, 0.1) is 0 Å². The number of aromatic carboxylic acids is 2. The van der Waals surface area contributed by atoms with Crippen LogP contribution < -0.4 is 4.74 Å². The summed E-state index contributed by atoms with van der Waals surface area (Å²) in [7, 11) is 1.42. The van der Waals surface area contributed by atoms with E-state index in [1.165, 1.54) is 31.4 Å². The van der Waals surface area contributed by atoms with Crippen molar-refractivity contribution in [3.63, 3.8) is 0 Å². The van der Waals surface area contributed by atoms with Gasteiger partial charge in [-0.2, -0.15) is 0 Å². The van der Waals surface area contributed by atoms with Gasteiger partial charge in [-0.3, -0.25) is 0 Å². The maximum atomic E-state index is 11.1. The van der Waals surface area contributed by atoms with Crippen molar-refractivity contribution >= 4 is 23.5 Å². The molecule has 0 aliphatic carbocycles. The minimum Gasteiger partial charge on any atom is -0.496 e. The van der Waals surface area contributed by atoms with Crippen molar-refractivity contribution in [1.29, 1.82) is 0 Å². The Hall–Kier alpha value is -2.53. The van der Waals surface area contributed by atoms with Gasteiger partial charge in [-0.05, 0) is 35.9 Å². The number of carbonyl (C=O) groups is 2. The van der Waals surface area contributed by atoms with Gasteiger partial charge in [0, 0.05) is 5.56 Å². The molecule has 21 heavy (non-hydrogen) atoms. The average molecular weight is 307 g/mol. The number of hydrogen-bond donors (Lipinski definition) is 2. The van der Waals surface area contributed by atoms with E-state index in [4.69, 9.17) is 26.6 Å². The molecule has 0 amide bonds. The molecule has 108 valence electrons. The first-order valence-electron chi connectivity index (χ1n) is 5.88. The summed E-state index contributed by atoms with van der Waals surface area (Å²) in [4.78, 5) is 22.1. The van der Waals surface area contributed by atoms with Crippen LogP contribution in [0.3, 0.4) is 0 Å². The smallest absolute Gasteiger partial charge is 0.337 e. The number of hydrogen-bond acceptors (Lipinski definition) is 3. The number of carboxylic acid groups (broad SMARTS) is 2. The van der Waals surface area contributed by atoms with Crippen molar-refractivity contribution in [3.8, 4) is 16.9 Å².